The van der Waals surface area contributed by atoms with Gasteiger partial charge in [0.05, 0.1) is 26.9 Å². The normalized spacial score (nSPS) is 10.4. The van der Waals surface area contributed by atoms with Crippen LogP contribution in [0.4, 0.5) is 17.3 Å². The molecule has 0 atom stereocenters. The van der Waals surface area contributed by atoms with Gasteiger partial charge in [-0.05, 0) is 0 Å². The lowest BCUT2D eigenvalue weighted by molar-refractivity contribution is -0.422. The van der Waals surface area contributed by atoms with E-state index < -0.39 is 21.2 Å². The Morgan fingerprint density at radius 3 is 2.37 bits per heavy atom. The summed E-state index contributed by atoms with van der Waals surface area (Å²) in [5, 5.41) is 23.8. The highest BCUT2D eigenvalue weighted by Gasteiger charge is 2.26. The molecular weight excluding hydrogens is 258 g/mol. The second-order valence-corrected chi connectivity index (χ2v) is 3.64. The highest BCUT2D eigenvalue weighted by molar-refractivity contribution is 5.90. The molecule has 2 rings (SSSR count). The number of nitrogens with one attached hydrogen (secondary N) is 2. The Balaban J connectivity index is 2.62. The number of nitro benzene ring substituents is 2. The van der Waals surface area contributed by atoms with Crippen LogP contribution in [0.25, 0.3) is 11.0 Å². The van der Waals surface area contributed by atoms with E-state index in [9.17, 15) is 25.0 Å². The average Bonchev–Trinajstić information content (AvgIpc) is 2.66. The number of aromatic nitrogens is 2. The molecule has 0 bridgehead atoms. The van der Waals surface area contributed by atoms with Crippen molar-refractivity contribution in [3.8, 4) is 0 Å². The Morgan fingerprint density at radius 1 is 1.26 bits per heavy atom. The van der Waals surface area contributed by atoms with E-state index in [1.54, 1.807) is 0 Å². The van der Waals surface area contributed by atoms with E-state index in [0.29, 0.717) is 0 Å². The van der Waals surface area contributed by atoms with Crippen molar-refractivity contribution in [2.75, 3.05) is 5.32 Å². The Kier molecular flexibility index (Phi) is 2.83. The van der Waals surface area contributed by atoms with Crippen LogP contribution in [-0.4, -0.2) is 25.7 Å². The van der Waals surface area contributed by atoms with Crippen molar-refractivity contribution in [3.63, 3.8) is 0 Å². The zero-order valence-corrected chi connectivity index (χ0v) is 9.54. The summed E-state index contributed by atoms with van der Waals surface area (Å²) >= 11 is 0. The summed E-state index contributed by atoms with van der Waals surface area (Å²) < 4.78 is 0. The van der Waals surface area contributed by atoms with E-state index in [1.165, 1.54) is 6.92 Å². The number of amides is 1. The largest absolute Gasteiger partial charge is 0.348 e. The van der Waals surface area contributed by atoms with Gasteiger partial charge < -0.3 is 4.98 Å². The third kappa shape index (κ3) is 2.31. The molecule has 1 amide bonds. The van der Waals surface area contributed by atoms with E-state index in [1.807, 2.05) is 0 Å². The van der Waals surface area contributed by atoms with Crippen molar-refractivity contribution in [1.29, 1.82) is 0 Å². The van der Waals surface area contributed by atoms with Gasteiger partial charge in [0, 0.05) is 13.0 Å². The number of fused-ring (bicyclic) bond motifs is 1. The number of nitrogens with zero attached hydrogens (tertiary/aromatic N) is 3. The molecule has 0 unspecified atom stereocenters. The van der Waals surface area contributed by atoms with Crippen LogP contribution in [0.3, 0.4) is 0 Å². The van der Waals surface area contributed by atoms with E-state index in [-0.39, 0.29) is 22.9 Å². The van der Waals surface area contributed by atoms with Crippen LogP contribution in [0.5, 0.6) is 0 Å². The third-order valence-electron chi connectivity index (χ3n) is 2.27. The van der Waals surface area contributed by atoms with E-state index in [2.05, 4.69) is 15.3 Å². The molecule has 1 aromatic carbocycles. The molecule has 0 aliphatic heterocycles. The number of nitro groups is 2. The predicted octanol–water partition coefficient (Wildman–Crippen LogP) is 1.34. The standard InChI is InChI=1S/C9H7N5O5/c1-4(15)10-9-11-5-2-7(13(16)17)8(14(18)19)3-6(5)12-9/h2-3H,1H3,(H2,10,11,12,15). The molecule has 0 radical (unpaired) electrons. The predicted molar refractivity (Wildman–Crippen MR) is 63.7 cm³/mol. The molecule has 10 heteroatoms. The molecule has 0 aliphatic carbocycles. The van der Waals surface area contributed by atoms with Crippen LogP contribution in [0.1, 0.15) is 6.92 Å². The maximum absolute atomic E-state index is 10.9. The number of aromatic amines is 1. The number of H-pyrrole nitrogens is 1. The maximum Gasteiger partial charge on any atom is 0.348 e. The fraction of sp³-hybridized carbons (Fsp3) is 0.111. The zero-order chi connectivity index (χ0) is 14.2. The van der Waals surface area contributed by atoms with Crippen molar-refractivity contribution in [2.45, 2.75) is 6.92 Å². The first-order valence-corrected chi connectivity index (χ1v) is 4.98. The molecule has 10 nitrogen and oxygen atoms in total. The van der Waals surface area contributed by atoms with Gasteiger partial charge in [-0.15, -0.1) is 0 Å². The summed E-state index contributed by atoms with van der Waals surface area (Å²) in [6, 6.07) is 1.99. The quantitative estimate of drug-likeness (QED) is 0.632. The number of hydrogen-bond donors (Lipinski definition) is 2. The Hall–Kier alpha value is -3.04. The smallest absolute Gasteiger partial charge is 0.324 e. The highest BCUT2D eigenvalue weighted by Crippen LogP contribution is 2.31. The van der Waals surface area contributed by atoms with Crippen molar-refractivity contribution >= 4 is 34.3 Å². The Labute approximate surface area is 104 Å². The van der Waals surface area contributed by atoms with Gasteiger partial charge in [0.15, 0.2) is 0 Å². The topological polar surface area (TPSA) is 144 Å². The van der Waals surface area contributed by atoms with Gasteiger partial charge in [-0.25, -0.2) is 4.98 Å². The SMILES string of the molecule is CC(=O)Nc1nc2cc([N+](=O)[O-])c([N+](=O)[O-])cc2[nH]1. The van der Waals surface area contributed by atoms with Gasteiger partial charge in [0.2, 0.25) is 11.9 Å². The van der Waals surface area contributed by atoms with Crippen molar-refractivity contribution in [3.05, 3.63) is 32.4 Å². The van der Waals surface area contributed by atoms with Crippen LogP contribution < -0.4 is 5.32 Å². The summed E-state index contributed by atoms with van der Waals surface area (Å²) in [4.78, 5) is 37.1. The average molecular weight is 265 g/mol. The molecule has 0 fully saturated rings. The van der Waals surface area contributed by atoms with E-state index >= 15 is 0 Å². The number of anilines is 1. The van der Waals surface area contributed by atoms with Gasteiger partial charge in [0.25, 0.3) is 0 Å². The number of hydrogen-bond acceptors (Lipinski definition) is 6. The van der Waals surface area contributed by atoms with Crippen molar-refractivity contribution < 1.29 is 14.6 Å². The lowest BCUT2D eigenvalue weighted by atomic mass is 10.2. The molecule has 0 saturated heterocycles. The lowest BCUT2D eigenvalue weighted by Crippen LogP contribution is -2.06. The third-order valence-corrected chi connectivity index (χ3v) is 2.27. The summed E-state index contributed by atoms with van der Waals surface area (Å²) in [5.74, 6) is -0.319. The number of carbonyl (C=O) groups is 1. The summed E-state index contributed by atoms with van der Waals surface area (Å²) in [6.45, 7) is 1.26. The minimum absolute atomic E-state index is 0.0669. The highest BCUT2D eigenvalue weighted by atomic mass is 16.6. The van der Waals surface area contributed by atoms with E-state index in [0.717, 1.165) is 12.1 Å². The van der Waals surface area contributed by atoms with Crippen molar-refractivity contribution in [1.82, 2.24) is 9.97 Å². The first-order valence-electron chi connectivity index (χ1n) is 4.98. The number of rotatable bonds is 3. The van der Waals surface area contributed by atoms with Crippen LogP contribution in [0.15, 0.2) is 12.1 Å². The van der Waals surface area contributed by atoms with E-state index in [4.69, 9.17) is 0 Å². The molecule has 19 heavy (non-hydrogen) atoms. The van der Waals surface area contributed by atoms with Gasteiger partial charge in [-0.2, -0.15) is 0 Å². The molecule has 2 aromatic rings. The molecule has 98 valence electrons. The number of benzene rings is 1. The molecule has 0 saturated carbocycles. The monoisotopic (exact) mass is 265 g/mol. The van der Waals surface area contributed by atoms with Gasteiger partial charge >= 0.3 is 11.4 Å². The number of carbonyl (C=O) groups excluding carboxylic acids is 1. The van der Waals surface area contributed by atoms with Gasteiger partial charge in [-0.1, -0.05) is 0 Å². The summed E-state index contributed by atoms with van der Waals surface area (Å²) in [6.07, 6.45) is 0. The molecule has 1 heterocycles. The van der Waals surface area contributed by atoms with Crippen LogP contribution in [0, 0.1) is 20.2 Å². The fourth-order valence-corrected chi connectivity index (χ4v) is 1.55. The molecule has 2 N–H and O–H groups in total. The maximum atomic E-state index is 10.9. The first-order chi connectivity index (χ1) is 8.88. The molecule has 1 aromatic heterocycles. The molecular formula is C9H7N5O5. The minimum atomic E-state index is -0.857. The second-order valence-electron chi connectivity index (χ2n) is 3.64. The minimum Gasteiger partial charge on any atom is -0.324 e. The first kappa shape index (κ1) is 12.4. The Morgan fingerprint density at radius 2 is 1.84 bits per heavy atom. The molecule has 0 spiro atoms. The number of imidazole rings is 1. The molecule has 0 aliphatic rings. The lowest BCUT2D eigenvalue weighted by Gasteiger charge is -1.94. The fourth-order valence-electron chi connectivity index (χ4n) is 1.55. The second kappa shape index (κ2) is 4.33. The summed E-state index contributed by atoms with van der Waals surface area (Å²) in [5.41, 5.74) is -0.920. The van der Waals surface area contributed by atoms with Crippen LogP contribution in [0.2, 0.25) is 0 Å². The van der Waals surface area contributed by atoms with Gasteiger partial charge in [0.1, 0.15) is 0 Å². The Bertz CT molecular complexity index is 655. The van der Waals surface area contributed by atoms with Crippen LogP contribution in [-0.2, 0) is 4.79 Å². The van der Waals surface area contributed by atoms with Gasteiger partial charge in [-0.3, -0.25) is 30.3 Å². The zero-order valence-electron chi connectivity index (χ0n) is 9.54. The van der Waals surface area contributed by atoms with Crippen LogP contribution >= 0.6 is 0 Å². The summed E-state index contributed by atoms with van der Waals surface area (Å²) in [7, 11) is 0. The van der Waals surface area contributed by atoms with Crippen molar-refractivity contribution in [2.24, 2.45) is 0 Å².